The average Bonchev–Trinajstić information content (AvgIpc) is 2.76. The number of hydrogen-bond acceptors (Lipinski definition) is 7. The van der Waals surface area contributed by atoms with Crippen LogP contribution in [0.2, 0.25) is 0 Å². The number of rotatable bonds is 7. The van der Waals surface area contributed by atoms with E-state index in [0.717, 1.165) is 31.2 Å². The molecule has 1 fully saturated rings. The van der Waals surface area contributed by atoms with Gasteiger partial charge in [0.15, 0.2) is 11.5 Å². The van der Waals surface area contributed by atoms with Gasteiger partial charge in [-0.2, -0.15) is 0 Å². The largest absolute Gasteiger partial charge is 0.393 e. The smallest absolute Gasteiger partial charge is 0.271 e. The Kier molecular flexibility index (Phi) is 7.06. The molecule has 2 aromatic rings. The van der Waals surface area contributed by atoms with E-state index in [9.17, 15) is 14.7 Å². The summed E-state index contributed by atoms with van der Waals surface area (Å²) in [6, 6.07) is 5.39. The molecule has 0 aliphatic heterocycles. The van der Waals surface area contributed by atoms with Gasteiger partial charge in [-0.3, -0.25) is 9.59 Å². The molecule has 1 saturated carbocycles. The standard InChI is InChI=1S/C22H30N6O3/c1-4-16-20(25-14-6-8-15(29)9-7-14)28-21(18(26-16)19(23)30)27-17-10-5-13(11-12(17)2)22(31)24-3/h5,10-11,14-15,29H,4,6-9H2,1-3H3,(H2,23,30)(H,24,31)(H2,25,27,28)/t14-,15-. The van der Waals surface area contributed by atoms with Gasteiger partial charge in [0.05, 0.1) is 11.8 Å². The lowest BCUT2D eigenvalue weighted by Gasteiger charge is -2.27. The molecule has 1 aliphatic carbocycles. The van der Waals surface area contributed by atoms with E-state index in [4.69, 9.17) is 5.73 Å². The predicted octanol–water partition coefficient (Wildman–Crippen LogP) is 2.26. The van der Waals surface area contributed by atoms with Crippen LogP contribution in [-0.2, 0) is 6.42 Å². The molecule has 0 spiro atoms. The van der Waals surface area contributed by atoms with Crippen LogP contribution >= 0.6 is 0 Å². The van der Waals surface area contributed by atoms with Crippen LogP contribution in [0.15, 0.2) is 18.2 Å². The monoisotopic (exact) mass is 426 g/mol. The molecule has 2 amide bonds. The fourth-order valence-corrected chi connectivity index (χ4v) is 3.72. The molecule has 1 heterocycles. The number of anilines is 3. The molecule has 1 aliphatic rings. The Bertz CT molecular complexity index is 970. The Morgan fingerprint density at radius 1 is 1.16 bits per heavy atom. The average molecular weight is 427 g/mol. The quantitative estimate of drug-likeness (QED) is 0.457. The van der Waals surface area contributed by atoms with Crippen LogP contribution in [-0.4, -0.2) is 46.1 Å². The molecule has 0 saturated heterocycles. The van der Waals surface area contributed by atoms with Crippen molar-refractivity contribution in [3.8, 4) is 0 Å². The number of amides is 2. The summed E-state index contributed by atoms with van der Waals surface area (Å²) >= 11 is 0. The van der Waals surface area contributed by atoms with Crippen molar-refractivity contribution in [2.75, 3.05) is 17.7 Å². The molecule has 3 rings (SSSR count). The van der Waals surface area contributed by atoms with E-state index in [1.807, 2.05) is 13.8 Å². The van der Waals surface area contributed by atoms with Crippen LogP contribution in [0.5, 0.6) is 0 Å². The Balaban J connectivity index is 1.93. The SMILES string of the molecule is CCc1nc(C(N)=O)c(Nc2ccc(C(=O)NC)cc2C)nc1N[C@H]1CC[C@H](O)CC1. The van der Waals surface area contributed by atoms with Crippen LogP contribution in [0.1, 0.15) is 64.7 Å². The highest BCUT2D eigenvalue weighted by atomic mass is 16.3. The third-order valence-corrected chi connectivity index (χ3v) is 5.54. The second kappa shape index (κ2) is 9.74. The summed E-state index contributed by atoms with van der Waals surface area (Å²) in [4.78, 5) is 33.1. The minimum absolute atomic E-state index is 0.0660. The van der Waals surface area contributed by atoms with Crippen molar-refractivity contribution >= 4 is 29.1 Å². The van der Waals surface area contributed by atoms with Crippen molar-refractivity contribution in [3.05, 3.63) is 40.7 Å². The van der Waals surface area contributed by atoms with Gasteiger partial charge in [0, 0.05) is 24.3 Å². The van der Waals surface area contributed by atoms with Crippen LogP contribution in [0.25, 0.3) is 0 Å². The molecule has 0 atom stereocenters. The number of nitrogens with one attached hydrogen (secondary N) is 3. The lowest BCUT2D eigenvalue weighted by molar-refractivity contribution is 0.0961. The first-order valence-corrected chi connectivity index (χ1v) is 10.6. The second-order valence-electron chi connectivity index (χ2n) is 7.82. The normalized spacial score (nSPS) is 18.3. The predicted molar refractivity (Wildman–Crippen MR) is 120 cm³/mol. The lowest BCUT2D eigenvalue weighted by atomic mass is 9.93. The lowest BCUT2D eigenvalue weighted by Crippen LogP contribution is -2.29. The van der Waals surface area contributed by atoms with E-state index < -0.39 is 5.91 Å². The van der Waals surface area contributed by atoms with Gasteiger partial charge in [0.1, 0.15) is 5.82 Å². The summed E-state index contributed by atoms with van der Waals surface area (Å²) in [5.74, 6) is 0.0233. The number of carbonyl (C=O) groups excluding carboxylic acids is 2. The van der Waals surface area contributed by atoms with Crippen molar-refractivity contribution in [3.63, 3.8) is 0 Å². The van der Waals surface area contributed by atoms with E-state index in [-0.39, 0.29) is 29.6 Å². The number of benzene rings is 1. The van der Waals surface area contributed by atoms with Gasteiger partial charge < -0.3 is 26.8 Å². The Labute approximate surface area is 181 Å². The molecule has 6 N–H and O–H groups in total. The first-order valence-electron chi connectivity index (χ1n) is 10.6. The van der Waals surface area contributed by atoms with E-state index in [1.165, 1.54) is 0 Å². The number of carbonyl (C=O) groups is 2. The van der Waals surface area contributed by atoms with Crippen LogP contribution in [0.4, 0.5) is 17.3 Å². The summed E-state index contributed by atoms with van der Waals surface area (Å²) < 4.78 is 0. The summed E-state index contributed by atoms with van der Waals surface area (Å²) in [6.07, 6.45) is 3.51. The molecule has 1 aromatic carbocycles. The molecule has 9 nitrogen and oxygen atoms in total. The van der Waals surface area contributed by atoms with Crippen molar-refractivity contribution in [2.45, 2.75) is 58.1 Å². The molecule has 0 bridgehead atoms. The summed E-state index contributed by atoms with van der Waals surface area (Å²) in [6.45, 7) is 3.80. The fourth-order valence-electron chi connectivity index (χ4n) is 3.72. The van der Waals surface area contributed by atoms with Crippen LogP contribution in [0, 0.1) is 6.92 Å². The number of nitrogens with zero attached hydrogens (tertiary/aromatic N) is 2. The Hall–Kier alpha value is -3.20. The number of aliphatic hydroxyl groups excluding tert-OH is 1. The molecular formula is C22H30N6O3. The third kappa shape index (κ3) is 5.29. The Morgan fingerprint density at radius 2 is 1.87 bits per heavy atom. The van der Waals surface area contributed by atoms with E-state index in [2.05, 4.69) is 25.9 Å². The van der Waals surface area contributed by atoms with Gasteiger partial charge in [-0.25, -0.2) is 9.97 Å². The van der Waals surface area contributed by atoms with Gasteiger partial charge in [-0.1, -0.05) is 6.92 Å². The summed E-state index contributed by atoms with van der Waals surface area (Å²) in [5.41, 5.74) is 8.35. The fraction of sp³-hybridized carbons (Fsp3) is 0.455. The first-order chi connectivity index (χ1) is 14.8. The van der Waals surface area contributed by atoms with Crippen molar-refractivity contribution in [2.24, 2.45) is 5.73 Å². The number of aromatic nitrogens is 2. The molecule has 9 heteroatoms. The highest BCUT2D eigenvalue weighted by molar-refractivity contribution is 5.97. The van der Waals surface area contributed by atoms with E-state index in [0.29, 0.717) is 29.2 Å². The zero-order valence-electron chi connectivity index (χ0n) is 18.2. The van der Waals surface area contributed by atoms with E-state index >= 15 is 0 Å². The second-order valence-corrected chi connectivity index (χ2v) is 7.82. The highest BCUT2D eigenvalue weighted by Crippen LogP contribution is 2.27. The minimum Gasteiger partial charge on any atom is -0.393 e. The molecular weight excluding hydrogens is 396 g/mol. The number of aryl methyl sites for hydroxylation is 2. The number of aliphatic hydroxyl groups is 1. The minimum atomic E-state index is -0.670. The van der Waals surface area contributed by atoms with Gasteiger partial charge in [-0.05, 0) is 62.8 Å². The van der Waals surface area contributed by atoms with Gasteiger partial charge in [-0.15, -0.1) is 0 Å². The van der Waals surface area contributed by atoms with Crippen LogP contribution < -0.4 is 21.7 Å². The van der Waals surface area contributed by atoms with Crippen molar-refractivity contribution < 1.29 is 14.7 Å². The number of nitrogens with two attached hydrogens (primary N) is 1. The van der Waals surface area contributed by atoms with Crippen molar-refractivity contribution in [1.82, 2.24) is 15.3 Å². The molecule has 31 heavy (non-hydrogen) atoms. The highest BCUT2D eigenvalue weighted by Gasteiger charge is 2.23. The molecule has 166 valence electrons. The third-order valence-electron chi connectivity index (χ3n) is 5.54. The first kappa shape index (κ1) is 22.5. The van der Waals surface area contributed by atoms with Gasteiger partial charge in [0.2, 0.25) is 0 Å². The Morgan fingerprint density at radius 3 is 2.45 bits per heavy atom. The summed E-state index contributed by atoms with van der Waals surface area (Å²) in [7, 11) is 1.58. The molecule has 0 unspecified atom stereocenters. The molecule has 0 radical (unpaired) electrons. The topological polar surface area (TPSA) is 142 Å². The van der Waals surface area contributed by atoms with Crippen molar-refractivity contribution in [1.29, 1.82) is 0 Å². The maximum Gasteiger partial charge on any atom is 0.271 e. The number of primary amides is 1. The maximum absolute atomic E-state index is 12.1. The van der Waals surface area contributed by atoms with Gasteiger partial charge in [0.25, 0.3) is 11.8 Å². The summed E-state index contributed by atoms with van der Waals surface area (Å²) in [5, 5.41) is 18.9. The maximum atomic E-state index is 12.1. The van der Waals surface area contributed by atoms with Gasteiger partial charge >= 0.3 is 0 Å². The zero-order chi connectivity index (χ0) is 22.5. The van der Waals surface area contributed by atoms with Crippen LogP contribution in [0.3, 0.4) is 0 Å². The zero-order valence-corrected chi connectivity index (χ0v) is 18.2. The molecule has 1 aromatic heterocycles. The number of hydrogen-bond donors (Lipinski definition) is 5. The van der Waals surface area contributed by atoms with E-state index in [1.54, 1.807) is 25.2 Å².